The maximum Gasteiger partial charge on any atom is 0.310 e. The molecule has 0 fully saturated rings. The van der Waals surface area contributed by atoms with Gasteiger partial charge in [-0.05, 0) is 77.2 Å². The maximum absolute atomic E-state index is 12.7. The van der Waals surface area contributed by atoms with E-state index < -0.39 is 17.8 Å². The fourth-order valence-electron chi connectivity index (χ4n) is 4.64. The topological polar surface area (TPSA) is 72.5 Å². The van der Waals surface area contributed by atoms with E-state index in [-0.39, 0.29) is 18.6 Å². The Morgan fingerprint density at radius 2 is 1.24 bits per heavy atom. The lowest BCUT2D eigenvalue weighted by molar-refractivity contribution is -0.144. The standard InChI is InChI=1S/C29H43NO4/c1-17(2)9-21-13-22(10-18(3)4)25(12-20(7)8)26(24(21)11-19(5)6)16-34-28(32)15-23-14-27(31)30-29(23)33/h13-14,17-20H,9-12,15-16H2,1-8H3,(H,30,31,33). The quantitative estimate of drug-likeness (QED) is 0.324. The fourth-order valence-corrected chi connectivity index (χ4v) is 4.64. The third-order valence-electron chi connectivity index (χ3n) is 5.88. The molecule has 2 amide bonds. The minimum absolute atomic E-state index is 0.161. The fraction of sp³-hybridized carbons (Fsp3) is 0.621. The molecule has 1 heterocycles. The molecule has 0 bridgehead atoms. The summed E-state index contributed by atoms with van der Waals surface area (Å²) in [5.74, 6) is 0.515. The van der Waals surface area contributed by atoms with Crippen molar-refractivity contribution in [1.82, 2.24) is 5.32 Å². The highest BCUT2D eigenvalue weighted by molar-refractivity contribution is 6.17. The smallest absolute Gasteiger partial charge is 0.310 e. The van der Waals surface area contributed by atoms with Gasteiger partial charge in [-0.3, -0.25) is 19.7 Å². The maximum atomic E-state index is 12.7. The van der Waals surface area contributed by atoms with E-state index in [2.05, 4.69) is 66.8 Å². The van der Waals surface area contributed by atoms with Gasteiger partial charge >= 0.3 is 5.97 Å². The molecule has 188 valence electrons. The molecule has 1 aromatic carbocycles. The lowest BCUT2D eigenvalue weighted by Gasteiger charge is -2.26. The molecule has 0 saturated carbocycles. The van der Waals surface area contributed by atoms with Crippen LogP contribution in [-0.4, -0.2) is 17.8 Å². The molecule has 2 rings (SSSR count). The summed E-state index contributed by atoms with van der Waals surface area (Å²) < 4.78 is 5.77. The van der Waals surface area contributed by atoms with Crippen molar-refractivity contribution in [1.29, 1.82) is 0 Å². The first-order valence-electron chi connectivity index (χ1n) is 12.7. The predicted octanol–water partition coefficient (Wildman–Crippen LogP) is 5.50. The highest BCUT2D eigenvalue weighted by Crippen LogP contribution is 2.32. The first-order chi connectivity index (χ1) is 15.9. The number of ether oxygens (including phenoxy) is 1. The SMILES string of the molecule is CC(C)Cc1cc(CC(C)C)c(CC(C)C)c(COC(=O)CC2=CC(=O)NC2=O)c1CC(C)C. The van der Waals surface area contributed by atoms with Gasteiger partial charge in [0.15, 0.2) is 0 Å². The van der Waals surface area contributed by atoms with Crippen LogP contribution in [0, 0.1) is 23.7 Å². The first kappa shape index (κ1) is 27.8. The Morgan fingerprint density at radius 3 is 1.62 bits per heavy atom. The Bertz CT molecular complexity index is 896. The Balaban J connectivity index is 2.50. The number of benzene rings is 1. The molecule has 1 aromatic rings. The van der Waals surface area contributed by atoms with Gasteiger partial charge in [-0.2, -0.15) is 0 Å². The number of rotatable bonds is 12. The molecular weight excluding hydrogens is 426 g/mol. The van der Waals surface area contributed by atoms with Crippen LogP contribution < -0.4 is 5.32 Å². The molecule has 34 heavy (non-hydrogen) atoms. The van der Waals surface area contributed by atoms with E-state index in [4.69, 9.17) is 4.74 Å². The Labute approximate surface area is 205 Å². The first-order valence-corrected chi connectivity index (χ1v) is 12.7. The van der Waals surface area contributed by atoms with Crippen molar-refractivity contribution in [3.8, 4) is 0 Å². The number of amides is 2. The number of carbonyl (C=O) groups excluding carboxylic acids is 3. The summed E-state index contributed by atoms with van der Waals surface area (Å²) in [5, 5.41) is 2.18. The molecule has 0 atom stereocenters. The predicted molar refractivity (Wildman–Crippen MR) is 136 cm³/mol. The number of nitrogens with one attached hydrogen (secondary N) is 1. The number of hydrogen-bond donors (Lipinski definition) is 1. The Morgan fingerprint density at radius 1 is 0.765 bits per heavy atom. The molecule has 1 aliphatic rings. The van der Waals surface area contributed by atoms with Crippen LogP contribution in [0.25, 0.3) is 0 Å². The minimum atomic E-state index is -0.513. The molecule has 5 heteroatoms. The minimum Gasteiger partial charge on any atom is -0.461 e. The molecule has 0 spiro atoms. The van der Waals surface area contributed by atoms with Crippen LogP contribution in [0.15, 0.2) is 17.7 Å². The zero-order valence-electron chi connectivity index (χ0n) is 22.3. The molecule has 1 aliphatic heterocycles. The molecule has 0 saturated heterocycles. The largest absolute Gasteiger partial charge is 0.461 e. The van der Waals surface area contributed by atoms with Gasteiger partial charge in [-0.15, -0.1) is 0 Å². The van der Waals surface area contributed by atoms with Crippen LogP contribution in [0.4, 0.5) is 0 Å². The number of esters is 1. The second kappa shape index (κ2) is 12.3. The van der Waals surface area contributed by atoms with E-state index in [1.165, 1.54) is 28.3 Å². The number of carbonyl (C=O) groups is 3. The van der Waals surface area contributed by atoms with Crippen LogP contribution in [0.3, 0.4) is 0 Å². The number of hydrogen-bond acceptors (Lipinski definition) is 4. The molecule has 1 N–H and O–H groups in total. The lowest BCUT2D eigenvalue weighted by Crippen LogP contribution is -2.23. The van der Waals surface area contributed by atoms with E-state index in [1.807, 2.05) is 0 Å². The van der Waals surface area contributed by atoms with Crippen LogP contribution in [0.2, 0.25) is 0 Å². The van der Waals surface area contributed by atoms with Gasteiger partial charge in [0.05, 0.1) is 6.42 Å². The van der Waals surface area contributed by atoms with E-state index in [0.717, 1.165) is 31.2 Å². The summed E-state index contributed by atoms with van der Waals surface area (Å²) in [4.78, 5) is 35.9. The third kappa shape index (κ3) is 8.11. The second-order valence-electron chi connectivity index (χ2n) is 11.3. The van der Waals surface area contributed by atoms with Gasteiger partial charge in [0.25, 0.3) is 11.8 Å². The van der Waals surface area contributed by atoms with Crippen molar-refractivity contribution < 1.29 is 19.1 Å². The van der Waals surface area contributed by atoms with Gasteiger partial charge in [-0.1, -0.05) is 61.5 Å². The second-order valence-corrected chi connectivity index (χ2v) is 11.3. The van der Waals surface area contributed by atoms with Gasteiger partial charge in [0.2, 0.25) is 0 Å². The van der Waals surface area contributed by atoms with Crippen molar-refractivity contribution in [2.24, 2.45) is 23.7 Å². The van der Waals surface area contributed by atoms with Crippen molar-refractivity contribution in [3.05, 3.63) is 45.5 Å². The van der Waals surface area contributed by atoms with Crippen molar-refractivity contribution in [2.75, 3.05) is 0 Å². The molecule has 0 unspecified atom stereocenters. The zero-order chi connectivity index (χ0) is 25.6. The average molecular weight is 470 g/mol. The zero-order valence-corrected chi connectivity index (χ0v) is 22.3. The molecule has 5 nitrogen and oxygen atoms in total. The summed E-state index contributed by atoms with van der Waals surface area (Å²) >= 11 is 0. The highest BCUT2D eigenvalue weighted by Gasteiger charge is 2.25. The van der Waals surface area contributed by atoms with Gasteiger partial charge < -0.3 is 4.74 Å². The van der Waals surface area contributed by atoms with E-state index in [1.54, 1.807) is 0 Å². The Kier molecular flexibility index (Phi) is 10.1. The van der Waals surface area contributed by atoms with E-state index >= 15 is 0 Å². The van der Waals surface area contributed by atoms with Crippen molar-refractivity contribution in [2.45, 2.75) is 94.1 Å². The van der Waals surface area contributed by atoms with Crippen LogP contribution in [0.1, 0.15) is 89.6 Å². The van der Waals surface area contributed by atoms with Gasteiger partial charge in [-0.25, -0.2) is 0 Å². The molecule has 0 aromatic heterocycles. The number of imide groups is 1. The van der Waals surface area contributed by atoms with E-state index in [9.17, 15) is 14.4 Å². The van der Waals surface area contributed by atoms with Crippen molar-refractivity contribution >= 4 is 17.8 Å². The van der Waals surface area contributed by atoms with E-state index in [0.29, 0.717) is 23.7 Å². The summed E-state index contributed by atoms with van der Waals surface area (Å²) in [6.45, 7) is 18.1. The monoisotopic (exact) mass is 469 g/mol. The molecule has 0 radical (unpaired) electrons. The summed E-state index contributed by atoms with van der Waals surface area (Å²) in [6.07, 6.45) is 4.84. The molecule has 0 aliphatic carbocycles. The summed E-state index contributed by atoms with van der Waals surface area (Å²) in [6, 6.07) is 2.42. The van der Waals surface area contributed by atoms with Crippen LogP contribution >= 0.6 is 0 Å². The highest BCUT2D eigenvalue weighted by atomic mass is 16.5. The van der Waals surface area contributed by atoms with Crippen molar-refractivity contribution in [3.63, 3.8) is 0 Å². The molecular formula is C29H43NO4. The van der Waals surface area contributed by atoms with Gasteiger partial charge in [0, 0.05) is 11.6 Å². The van der Waals surface area contributed by atoms with Gasteiger partial charge in [0.1, 0.15) is 6.61 Å². The Hall–Kier alpha value is -2.43. The normalized spacial score (nSPS) is 13.9. The lowest BCUT2D eigenvalue weighted by atomic mass is 9.81. The van der Waals surface area contributed by atoms with Crippen LogP contribution in [-0.2, 0) is 51.4 Å². The van der Waals surface area contributed by atoms with Crippen LogP contribution in [0.5, 0.6) is 0 Å². The summed E-state index contributed by atoms with van der Waals surface area (Å²) in [7, 11) is 0. The average Bonchev–Trinajstić information content (AvgIpc) is 2.99. The summed E-state index contributed by atoms with van der Waals surface area (Å²) in [5.41, 5.74) is 6.66. The third-order valence-corrected chi connectivity index (χ3v) is 5.88.